The molecule has 0 saturated carbocycles. The molecule has 6 heteroatoms. The van der Waals surface area contributed by atoms with Crippen molar-refractivity contribution in [2.75, 3.05) is 0 Å². The summed E-state index contributed by atoms with van der Waals surface area (Å²) in [5.41, 5.74) is 1.33. The number of benzene rings is 1. The third-order valence-electron chi connectivity index (χ3n) is 1.99. The van der Waals surface area contributed by atoms with Crippen LogP contribution in [0.5, 0.6) is 0 Å². The van der Waals surface area contributed by atoms with Gasteiger partial charge in [-0.05, 0) is 6.92 Å². The van der Waals surface area contributed by atoms with Crippen molar-refractivity contribution in [3.63, 3.8) is 0 Å². The first-order valence-electron chi connectivity index (χ1n) is 6.27. The Kier molecular flexibility index (Phi) is 13.0. The summed E-state index contributed by atoms with van der Waals surface area (Å²) in [5, 5.41) is 16.3. The van der Waals surface area contributed by atoms with E-state index in [4.69, 9.17) is 19.8 Å². The second-order valence-electron chi connectivity index (χ2n) is 4.04. The number of aromatic nitrogens is 1. The molecule has 120 valence electrons. The summed E-state index contributed by atoms with van der Waals surface area (Å²) in [4.78, 5) is 17.9. The van der Waals surface area contributed by atoms with Crippen molar-refractivity contribution in [3.8, 4) is 0 Å². The number of carbonyl (C=O) groups is 2. The Bertz CT molecular complexity index is 473. The number of aliphatic carboxylic acids is 2. The van der Waals surface area contributed by atoms with Gasteiger partial charge in [-0.3, -0.25) is 4.79 Å². The number of carboxylic acids is 2. The summed E-state index contributed by atoms with van der Waals surface area (Å²) < 4.78 is 2.16. The molecule has 0 bridgehead atoms. The fourth-order valence-electron chi connectivity index (χ4n) is 1.33. The Labute approximate surface area is 130 Å². The number of carbonyl (C=O) groups excluding carboxylic acids is 1. The average Bonchev–Trinajstić information content (AvgIpc) is 2.40. The van der Waals surface area contributed by atoms with Gasteiger partial charge in [0.15, 0.2) is 18.9 Å². The third-order valence-corrected chi connectivity index (χ3v) is 1.99. The molecule has 0 atom stereocenters. The van der Waals surface area contributed by atoms with E-state index in [1.807, 2.05) is 24.3 Å². The maximum Gasteiger partial charge on any atom is 0.300 e. The molecule has 0 spiro atoms. The SMILES string of the molecule is CC(=O)O.CC(=O)[O-].N.c1ccc(C[n+]2ccccc2)cc1. The van der Waals surface area contributed by atoms with Crippen LogP contribution in [0.2, 0.25) is 0 Å². The van der Waals surface area contributed by atoms with Gasteiger partial charge in [-0.2, -0.15) is 0 Å². The lowest BCUT2D eigenvalue weighted by molar-refractivity contribution is -0.688. The molecule has 4 N–H and O–H groups in total. The van der Waals surface area contributed by atoms with Crippen molar-refractivity contribution in [3.05, 3.63) is 66.5 Å². The van der Waals surface area contributed by atoms with E-state index in [2.05, 4.69) is 41.2 Å². The van der Waals surface area contributed by atoms with E-state index in [1.165, 1.54) is 5.56 Å². The van der Waals surface area contributed by atoms with Gasteiger partial charge < -0.3 is 21.2 Å². The third kappa shape index (κ3) is 15.3. The van der Waals surface area contributed by atoms with Crippen LogP contribution in [0.1, 0.15) is 19.4 Å². The highest BCUT2D eigenvalue weighted by atomic mass is 16.4. The van der Waals surface area contributed by atoms with E-state index in [1.54, 1.807) is 0 Å². The van der Waals surface area contributed by atoms with Gasteiger partial charge in [0.2, 0.25) is 0 Å². The van der Waals surface area contributed by atoms with Gasteiger partial charge in [-0.1, -0.05) is 36.4 Å². The van der Waals surface area contributed by atoms with Crippen LogP contribution in [0, 0.1) is 0 Å². The van der Waals surface area contributed by atoms with Gasteiger partial charge >= 0.3 is 0 Å². The molecule has 0 radical (unpaired) electrons. The topological polar surface area (TPSA) is 116 Å². The maximum absolute atomic E-state index is 9.00. The lowest BCUT2D eigenvalue weighted by Crippen LogP contribution is -2.32. The molecule has 22 heavy (non-hydrogen) atoms. The zero-order valence-corrected chi connectivity index (χ0v) is 12.8. The van der Waals surface area contributed by atoms with Crippen LogP contribution in [0.3, 0.4) is 0 Å². The van der Waals surface area contributed by atoms with E-state index in [0.29, 0.717) is 0 Å². The maximum atomic E-state index is 9.00. The number of carboxylic acid groups (broad SMARTS) is 2. The monoisotopic (exact) mass is 306 g/mol. The first-order chi connectivity index (χ1) is 9.91. The van der Waals surface area contributed by atoms with E-state index in [9.17, 15) is 0 Å². The molecule has 6 nitrogen and oxygen atoms in total. The van der Waals surface area contributed by atoms with Crippen LogP contribution < -0.4 is 15.8 Å². The number of hydrogen-bond donors (Lipinski definition) is 2. The number of rotatable bonds is 2. The summed E-state index contributed by atoms with van der Waals surface area (Å²) in [6.07, 6.45) is 4.15. The van der Waals surface area contributed by atoms with Crippen LogP contribution in [-0.4, -0.2) is 17.0 Å². The molecule has 0 amide bonds. The average molecular weight is 306 g/mol. The van der Waals surface area contributed by atoms with Gasteiger partial charge in [0, 0.05) is 30.6 Å². The van der Waals surface area contributed by atoms with Crippen LogP contribution in [0.4, 0.5) is 0 Å². The van der Waals surface area contributed by atoms with Crippen LogP contribution in [0.25, 0.3) is 0 Å². The molecular weight excluding hydrogens is 284 g/mol. The largest absolute Gasteiger partial charge is 0.550 e. The predicted octanol–water partition coefficient (Wildman–Crippen LogP) is 1.03. The summed E-state index contributed by atoms with van der Waals surface area (Å²) in [6, 6.07) is 16.6. The van der Waals surface area contributed by atoms with E-state index in [0.717, 1.165) is 20.4 Å². The van der Waals surface area contributed by atoms with Gasteiger partial charge in [-0.25, -0.2) is 4.57 Å². The van der Waals surface area contributed by atoms with E-state index >= 15 is 0 Å². The molecule has 0 aliphatic heterocycles. The van der Waals surface area contributed by atoms with Gasteiger partial charge in [-0.15, -0.1) is 0 Å². The Morgan fingerprint density at radius 1 is 1.00 bits per heavy atom. The Morgan fingerprint density at radius 2 is 1.36 bits per heavy atom. The molecule has 0 aliphatic carbocycles. The lowest BCUT2D eigenvalue weighted by atomic mass is 10.2. The summed E-state index contributed by atoms with van der Waals surface area (Å²) in [5.74, 6) is -1.92. The zero-order chi connectivity index (χ0) is 16.1. The summed E-state index contributed by atoms with van der Waals surface area (Å²) in [6.45, 7) is 3.00. The smallest absolute Gasteiger partial charge is 0.300 e. The van der Waals surface area contributed by atoms with Crippen molar-refractivity contribution in [1.29, 1.82) is 0 Å². The minimum atomic E-state index is -1.08. The molecule has 0 aliphatic rings. The van der Waals surface area contributed by atoms with Crippen molar-refractivity contribution in [2.45, 2.75) is 20.4 Å². The molecule has 1 heterocycles. The van der Waals surface area contributed by atoms with E-state index in [-0.39, 0.29) is 6.15 Å². The Hall–Kier alpha value is -2.73. The van der Waals surface area contributed by atoms with Gasteiger partial charge in [0.05, 0.1) is 0 Å². The Balaban J connectivity index is 0. The Morgan fingerprint density at radius 3 is 1.77 bits per heavy atom. The normalized spacial score (nSPS) is 8.09. The molecule has 0 saturated heterocycles. The fraction of sp³-hybridized carbons (Fsp3) is 0.188. The van der Waals surface area contributed by atoms with Crippen LogP contribution in [-0.2, 0) is 16.1 Å². The number of hydrogen-bond acceptors (Lipinski definition) is 4. The molecule has 2 rings (SSSR count). The highest BCUT2D eigenvalue weighted by molar-refractivity contribution is 5.63. The first-order valence-corrected chi connectivity index (χ1v) is 6.27. The van der Waals surface area contributed by atoms with Crippen molar-refractivity contribution in [2.24, 2.45) is 0 Å². The zero-order valence-electron chi connectivity index (χ0n) is 12.8. The second-order valence-corrected chi connectivity index (χ2v) is 4.04. The van der Waals surface area contributed by atoms with Crippen molar-refractivity contribution >= 4 is 11.9 Å². The lowest BCUT2D eigenvalue weighted by Gasteiger charge is -1.95. The quantitative estimate of drug-likeness (QED) is 0.804. The molecule has 0 fully saturated rings. The van der Waals surface area contributed by atoms with Crippen molar-refractivity contribution < 1.29 is 24.4 Å². The predicted molar refractivity (Wildman–Crippen MR) is 81.2 cm³/mol. The highest BCUT2D eigenvalue weighted by Gasteiger charge is 1.98. The molecule has 2 aromatic rings. The van der Waals surface area contributed by atoms with Crippen LogP contribution >= 0.6 is 0 Å². The van der Waals surface area contributed by atoms with Crippen molar-refractivity contribution in [1.82, 2.24) is 6.15 Å². The molecule has 1 aromatic heterocycles. The first kappa shape index (κ1) is 21.6. The summed E-state index contributed by atoms with van der Waals surface area (Å²) in [7, 11) is 0. The van der Waals surface area contributed by atoms with E-state index < -0.39 is 11.9 Å². The minimum absolute atomic E-state index is 0. The minimum Gasteiger partial charge on any atom is -0.550 e. The molecule has 0 unspecified atom stereocenters. The van der Waals surface area contributed by atoms with Gasteiger partial charge in [0.1, 0.15) is 0 Å². The molecular formula is C16H22N2O4. The fourth-order valence-corrected chi connectivity index (χ4v) is 1.33. The molecule has 1 aromatic carbocycles. The van der Waals surface area contributed by atoms with Crippen LogP contribution in [0.15, 0.2) is 60.9 Å². The summed E-state index contributed by atoms with van der Waals surface area (Å²) >= 11 is 0. The number of nitrogens with zero attached hydrogens (tertiary/aromatic N) is 1. The highest BCUT2D eigenvalue weighted by Crippen LogP contribution is 1.96. The van der Waals surface area contributed by atoms with Gasteiger partial charge in [0.25, 0.3) is 5.97 Å². The standard InChI is InChI=1S/C12H12N.2C2H4O2.H3N/c1-3-7-12(8-4-1)11-13-9-5-2-6-10-13;2*1-2(3)4;/h1-10H,11H2;2*1H3,(H,3,4);1H3/q+1;;;/p-1. The number of pyridine rings is 1. The second kappa shape index (κ2) is 13.3.